The van der Waals surface area contributed by atoms with Gasteiger partial charge in [0.15, 0.2) is 0 Å². The zero-order valence-corrected chi connectivity index (χ0v) is 13.6. The zero-order chi connectivity index (χ0) is 16.6. The van der Waals surface area contributed by atoms with Crippen molar-refractivity contribution < 1.29 is 5.11 Å². The van der Waals surface area contributed by atoms with Gasteiger partial charge in [-0.1, -0.05) is 30.3 Å². The van der Waals surface area contributed by atoms with E-state index in [-0.39, 0.29) is 12.0 Å². The van der Waals surface area contributed by atoms with Crippen molar-refractivity contribution in [2.24, 2.45) is 5.41 Å². The maximum absolute atomic E-state index is 10.3. The molecule has 1 aromatic heterocycles. The van der Waals surface area contributed by atoms with E-state index in [1.165, 1.54) is 5.56 Å². The molecule has 0 saturated carbocycles. The van der Waals surface area contributed by atoms with Gasteiger partial charge in [-0.3, -0.25) is 0 Å². The molecule has 2 aliphatic rings. The third-order valence-corrected chi connectivity index (χ3v) is 5.71. The number of aromatic nitrogens is 1. The number of hydrogen-bond acceptors (Lipinski definition) is 4. The van der Waals surface area contributed by atoms with Crippen molar-refractivity contribution in [3.63, 3.8) is 0 Å². The Bertz CT molecular complexity index is 753. The Labute approximate surface area is 142 Å². The number of rotatable bonds is 4. The van der Waals surface area contributed by atoms with Crippen molar-refractivity contribution >= 4 is 5.82 Å². The topological polar surface area (TPSA) is 60.2 Å². The molecule has 122 valence electrons. The predicted octanol–water partition coefficient (Wildman–Crippen LogP) is 2.92. The van der Waals surface area contributed by atoms with Crippen LogP contribution in [0.25, 0.3) is 0 Å². The van der Waals surface area contributed by atoms with Crippen LogP contribution < -0.4 is 4.90 Å². The third kappa shape index (κ3) is 2.37. The second kappa shape index (κ2) is 5.92. The summed E-state index contributed by atoms with van der Waals surface area (Å²) in [5, 5.41) is 19.2. The smallest absolute Gasteiger partial charge is 0.129 e. The van der Waals surface area contributed by atoms with Gasteiger partial charge in [0.1, 0.15) is 11.9 Å². The van der Waals surface area contributed by atoms with Gasteiger partial charge in [-0.2, -0.15) is 5.26 Å². The predicted molar refractivity (Wildman–Crippen MR) is 92.5 cm³/mol. The summed E-state index contributed by atoms with van der Waals surface area (Å²) in [5.41, 5.74) is 1.77. The molecule has 2 bridgehead atoms. The SMILES string of the molecule is N#Cc1ccc(N2[C@@H]3CC[C@H]2[C@](CO)(Cc2ccccc2)C3)nc1. The summed E-state index contributed by atoms with van der Waals surface area (Å²) < 4.78 is 0. The summed E-state index contributed by atoms with van der Waals surface area (Å²) in [6, 6.07) is 17.1. The average molecular weight is 319 g/mol. The van der Waals surface area contributed by atoms with Gasteiger partial charge in [0.2, 0.25) is 0 Å². The fraction of sp³-hybridized carbons (Fsp3) is 0.400. The number of pyridine rings is 1. The number of aliphatic hydroxyl groups is 1. The van der Waals surface area contributed by atoms with Crippen LogP contribution in [0.15, 0.2) is 48.7 Å². The highest BCUT2D eigenvalue weighted by atomic mass is 16.3. The number of nitriles is 1. The van der Waals surface area contributed by atoms with Crippen LogP contribution in [0.1, 0.15) is 30.4 Å². The Morgan fingerprint density at radius 3 is 2.71 bits per heavy atom. The molecular formula is C20H21N3O. The number of nitrogens with zero attached hydrogens (tertiary/aromatic N) is 3. The average Bonchev–Trinajstić information content (AvgIpc) is 3.19. The molecule has 2 aromatic rings. The molecule has 0 unspecified atom stereocenters. The highest BCUT2D eigenvalue weighted by molar-refractivity contribution is 5.48. The number of benzene rings is 1. The minimum absolute atomic E-state index is 0.0974. The molecule has 0 aliphatic carbocycles. The first-order valence-electron chi connectivity index (χ1n) is 8.55. The second-order valence-electron chi connectivity index (χ2n) is 7.06. The molecule has 0 amide bonds. The van der Waals surface area contributed by atoms with Crippen molar-refractivity contribution in [2.75, 3.05) is 11.5 Å². The van der Waals surface area contributed by atoms with Crippen LogP contribution in [0.4, 0.5) is 5.82 Å². The van der Waals surface area contributed by atoms with Crippen LogP contribution in [0.5, 0.6) is 0 Å². The Morgan fingerprint density at radius 1 is 1.21 bits per heavy atom. The maximum Gasteiger partial charge on any atom is 0.129 e. The van der Waals surface area contributed by atoms with Crippen LogP contribution >= 0.6 is 0 Å². The largest absolute Gasteiger partial charge is 0.396 e. The Morgan fingerprint density at radius 2 is 2.04 bits per heavy atom. The fourth-order valence-electron chi connectivity index (χ4n) is 4.66. The molecule has 3 atom stereocenters. The van der Waals surface area contributed by atoms with Gasteiger partial charge in [-0.15, -0.1) is 0 Å². The van der Waals surface area contributed by atoms with E-state index in [1.807, 2.05) is 18.2 Å². The van der Waals surface area contributed by atoms with Crippen molar-refractivity contribution in [1.82, 2.24) is 4.98 Å². The minimum atomic E-state index is -0.0974. The lowest BCUT2D eigenvalue weighted by Gasteiger charge is -2.36. The quantitative estimate of drug-likeness (QED) is 0.941. The molecular weight excluding hydrogens is 298 g/mol. The maximum atomic E-state index is 10.3. The first-order chi connectivity index (χ1) is 11.8. The molecule has 2 saturated heterocycles. The summed E-state index contributed by atoms with van der Waals surface area (Å²) in [5.74, 6) is 0.935. The Hall–Kier alpha value is -2.38. The molecule has 1 N–H and O–H groups in total. The first kappa shape index (κ1) is 15.2. The van der Waals surface area contributed by atoms with Gasteiger partial charge in [-0.05, 0) is 43.4 Å². The lowest BCUT2D eigenvalue weighted by molar-refractivity contribution is 0.0984. The van der Waals surface area contributed by atoms with Crippen LogP contribution in [0.3, 0.4) is 0 Å². The lowest BCUT2D eigenvalue weighted by atomic mass is 9.70. The van der Waals surface area contributed by atoms with Crippen LogP contribution in [-0.2, 0) is 6.42 Å². The summed E-state index contributed by atoms with van der Waals surface area (Å²) >= 11 is 0. The minimum Gasteiger partial charge on any atom is -0.396 e. The van der Waals surface area contributed by atoms with Gasteiger partial charge >= 0.3 is 0 Å². The number of anilines is 1. The summed E-state index contributed by atoms with van der Waals surface area (Å²) in [7, 11) is 0. The van der Waals surface area contributed by atoms with Gasteiger partial charge in [0.05, 0.1) is 12.2 Å². The molecule has 24 heavy (non-hydrogen) atoms. The van der Waals surface area contributed by atoms with E-state index in [4.69, 9.17) is 5.26 Å². The second-order valence-corrected chi connectivity index (χ2v) is 7.06. The molecule has 2 fully saturated rings. The zero-order valence-electron chi connectivity index (χ0n) is 13.6. The van der Waals surface area contributed by atoms with E-state index in [9.17, 15) is 5.11 Å². The molecule has 0 radical (unpaired) electrons. The standard InChI is InChI=1S/C20H21N3O/c21-12-16-6-9-19(22-13-16)23-17-7-8-18(23)20(11-17,14-24)10-15-4-2-1-3-5-15/h1-6,9,13,17-18,24H,7-8,10-11,14H2/t17-,18+,20-/m1/s1. The number of hydrogen-bond donors (Lipinski definition) is 1. The lowest BCUT2D eigenvalue weighted by Crippen LogP contribution is -2.42. The number of aliphatic hydroxyl groups excluding tert-OH is 1. The number of fused-ring (bicyclic) bond motifs is 2. The van der Waals surface area contributed by atoms with E-state index in [2.05, 4.69) is 40.2 Å². The van der Waals surface area contributed by atoms with Gasteiger partial charge in [0.25, 0.3) is 0 Å². The third-order valence-electron chi connectivity index (χ3n) is 5.71. The monoisotopic (exact) mass is 319 g/mol. The first-order valence-corrected chi connectivity index (χ1v) is 8.55. The van der Waals surface area contributed by atoms with Crippen molar-refractivity contribution in [2.45, 2.75) is 37.8 Å². The Kier molecular flexibility index (Phi) is 3.74. The molecule has 3 heterocycles. The molecule has 4 nitrogen and oxygen atoms in total. The molecule has 4 rings (SSSR count). The van der Waals surface area contributed by atoms with Crippen LogP contribution in [0.2, 0.25) is 0 Å². The van der Waals surface area contributed by atoms with Crippen LogP contribution in [0, 0.1) is 16.7 Å². The van der Waals surface area contributed by atoms with Crippen molar-refractivity contribution in [1.29, 1.82) is 5.26 Å². The van der Waals surface area contributed by atoms with E-state index in [1.54, 1.807) is 6.20 Å². The van der Waals surface area contributed by atoms with E-state index in [0.29, 0.717) is 17.6 Å². The van der Waals surface area contributed by atoms with Crippen LogP contribution in [-0.4, -0.2) is 28.8 Å². The fourth-order valence-corrected chi connectivity index (χ4v) is 4.66. The van der Waals surface area contributed by atoms with Gasteiger partial charge in [-0.25, -0.2) is 4.98 Å². The summed E-state index contributed by atoms with van der Waals surface area (Å²) in [6.45, 7) is 0.204. The molecule has 0 spiro atoms. The highest BCUT2D eigenvalue weighted by Crippen LogP contribution is 2.52. The van der Waals surface area contributed by atoms with E-state index >= 15 is 0 Å². The van der Waals surface area contributed by atoms with E-state index in [0.717, 1.165) is 31.5 Å². The Balaban J connectivity index is 1.64. The van der Waals surface area contributed by atoms with E-state index < -0.39 is 0 Å². The molecule has 2 aliphatic heterocycles. The summed E-state index contributed by atoms with van der Waals surface area (Å²) in [4.78, 5) is 6.89. The van der Waals surface area contributed by atoms with Gasteiger partial charge < -0.3 is 10.0 Å². The normalized spacial score (nSPS) is 28.1. The molecule has 1 aromatic carbocycles. The van der Waals surface area contributed by atoms with Gasteiger partial charge in [0, 0.05) is 23.7 Å². The van der Waals surface area contributed by atoms with Crippen molar-refractivity contribution in [3.8, 4) is 6.07 Å². The van der Waals surface area contributed by atoms with Crippen molar-refractivity contribution in [3.05, 3.63) is 59.8 Å². The molecule has 4 heteroatoms. The summed E-state index contributed by atoms with van der Waals surface area (Å²) in [6.07, 6.45) is 5.80. The highest BCUT2D eigenvalue weighted by Gasteiger charge is 2.55.